The molecule has 0 saturated carbocycles. The van der Waals surface area contributed by atoms with E-state index in [-0.39, 0.29) is 23.4 Å². The summed E-state index contributed by atoms with van der Waals surface area (Å²) in [6, 6.07) is 22.4. The lowest BCUT2D eigenvalue weighted by Crippen LogP contribution is -2.45. The van der Waals surface area contributed by atoms with Crippen LogP contribution in [0.1, 0.15) is 34.3 Å². The number of sulfone groups is 1. The molecule has 60 heavy (non-hydrogen) atoms. The van der Waals surface area contributed by atoms with Gasteiger partial charge in [-0.25, -0.2) is 23.0 Å². The standard InChI is InChI=1S/C39H40N6O7S.C2HF3O2/c1-43-32-20-40-37-35(31(32)23-45(39(43)49)28-12-8-27(9-13-28)38(48)41-21-33(46)47)34(25-10-14-29(52-2)15-11-25)36(42-37)26-6-4-24(5-7-26)22-44-18-16-30(17-19-44)53(3,50)51;3-2(4,5)1(6)7/h4-15,20,30H,16-19,21-23H2,1-3H3,(H,40,42)(H,41,48)(H,46,47);(H,6,7). The second kappa shape index (κ2) is 17.4. The van der Waals surface area contributed by atoms with Crippen LogP contribution in [0.2, 0.25) is 0 Å². The number of aromatic nitrogens is 2. The normalized spacial score (nSPS) is 14.9. The van der Waals surface area contributed by atoms with Crippen molar-refractivity contribution in [3.63, 3.8) is 0 Å². The smallest absolute Gasteiger partial charge is 0.490 e. The third-order valence-corrected chi connectivity index (χ3v) is 12.0. The number of carbonyl (C=O) groups is 4. The van der Waals surface area contributed by atoms with Crippen molar-refractivity contribution in [2.24, 2.45) is 0 Å². The molecule has 15 nitrogen and oxygen atoms in total. The summed E-state index contributed by atoms with van der Waals surface area (Å²) in [5, 5.41) is 19.0. The number of benzene rings is 3. The second-order valence-electron chi connectivity index (χ2n) is 14.3. The van der Waals surface area contributed by atoms with E-state index in [1.807, 2.05) is 24.3 Å². The van der Waals surface area contributed by atoms with Gasteiger partial charge in [-0.2, -0.15) is 13.2 Å². The molecular weight excluding hydrogens is 810 g/mol. The van der Waals surface area contributed by atoms with Crippen molar-refractivity contribution in [3.8, 4) is 28.1 Å². The SMILES string of the molecule is COc1ccc(-c2c(-c3ccc(CN4CCC(S(C)(=O)=O)CC4)cc3)[nH]c3ncc4c(c23)CN(c2ccc(C(=O)NCC(=O)O)cc2)C(=O)N4C)cc1.O=C(O)C(F)(F)F. The number of carbonyl (C=O) groups excluding carboxylic acids is 2. The van der Waals surface area contributed by atoms with Crippen LogP contribution in [0.5, 0.6) is 5.75 Å². The summed E-state index contributed by atoms with van der Waals surface area (Å²) in [7, 11) is 0.298. The molecule has 0 unspecified atom stereocenters. The fourth-order valence-corrected chi connectivity index (χ4v) is 8.28. The Morgan fingerprint density at radius 2 is 1.55 bits per heavy atom. The summed E-state index contributed by atoms with van der Waals surface area (Å²) >= 11 is 0. The van der Waals surface area contributed by atoms with Crippen LogP contribution in [0.3, 0.4) is 0 Å². The van der Waals surface area contributed by atoms with Gasteiger partial charge in [0.25, 0.3) is 5.91 Å². The number of urea groups is 1. The number of nitrogens with zero attached hydrogens (tertiary/aromatic N) is 4. The number of pyridine rings is 1. The second-order valence-corrected chi connectivity index (χ2v) is 16.6. The van der Waals surface area contributed by atoms with E-state index in [9.17, 15) is 36.0 Å². The molecule has 2 aliphatic heterocycles. The predicted molar refractivity (Wildman–Crippen MR) is 217 cm³/mol. The summed E-state index contributed by atoms with van der Waals surface area (Å²) < 4.78 is 61.3. The molecule has 7 rings (SSSR count). The number of hydrogen-bond acceptors (Lipinski definition) is 9. The molecule has 2 aromatic heterocycles. The number of piperidine rings is 1. The molecule has 4 N–H and O–H groups in total. The number of aromatic amines is 1. The molecule has 1 saturated heterocycles. The van der Waals surface area contributed by atoms with Gasteiger partial charge in [0.1, 0.15) is 27.8 Å². The Morgan fingerprint density at radius 1 is 0.950 bits per heavy atom. The van der Waals surface area contributed by atoms with Crippen molar-refractivity contribution < 1.29 is 55.7 Å². The van der Waals surface area contributed by atoms with Crippen LogP contribution in [0.25, 0.3) is 33.4 Å². The zero-order valence-electron chi connectivity index (χ0n) is 32.6. The summed E-state index contributed by atoms with van der Waals surface area (Å²) in [4.78, 5) is 59.8. The van der Waals surface area contributed by atoms with Crippen molar-refractivity contribution in [2.45, 2.75) is 37.4 Å². The van der Waals surface area contributed by atoms with Crippen LogP contribution in [-0.4, -0.2) is 109 Å². The number of carboxylic acid groups (broad SMARTS) is 2. The average molecular weight is 851 g/mol. The summed E-state index contributed by atoms with van der Waals surface area (Å²) in [6.45, 7) is 1.94. The number of methoxy groups -OCH3 is 1. The summed E-state index contributed by atoms with van der Waals surface area (Å²) in [5.74, 6) is -3.70. The Balaban J connectivity index is 0.000000793. The highest BCUT2D eigenvalue weighted by atomic mass is 32.2. The van der Waals surface area contributed by atoms with E-state index < -0.39 is 40.4 Å². The van der Waals surface area contributed by atoms with Crippen LogP contribution < -0.4 is 19.9 Å². The molecule has 19 heteroatoms. The maximum Gasteiger partial charge on any atom is 0.490 e. The zero-order chi connectivity index (χ0) is 43.5. The van der Waals surface area contributed by atoms with Gasteiger partial charge in [0, 0.05) is 47.6 Å². The number of ether oxygens (including phenoxy) is 1. The van der Waals surface area contributed by atoms with Gasteiger partial charge in [-0.05, 0) is 79.0 Å². The largest absolute Gasteiger partial charge is 0.497 e. The molecule has 0 atom stereocenters. The first-order chi connectivity index (χ1) is 28.3. The molecule has 1 fully saturated rings. The van der Waals surface area contributed by atoms with E-state index in [2.05, 4.69) is 39.5 Å². The first kappa shape index (κ1) is 43.1. The Bertz CT molecular complexity index is 2520. The lowest BCUT2D eigenvalue weighted by molar-refractivity contribution is -0.192. The number of nitrogens with one attached hydrogen (secondary N) is 2. The van der Waals surface area contributed by atoms with Crippen LogP contribution in [0.15, 0.2) is 79.0 Å². The number of halogens is 3. The highest BCUT2D eigenvalue weighted by Gasteiger charge is 2.38. The summed E-state index contributed by atoms with van der Waals surface area (Å²) in [5.41, 5.74) is 7.90. The first-order valence-electron chi connectivity index (χ1n) is 18.5. The Hall–Kier alpha value is -6.47. The van der Waals surface area contributed by atoms with E-state index in [0.29, 0.717) is 29.9 Å². The van der Waals surface area contributed by atoms with E-state index in [1.54, 1.807) is 54.4 Å². The minimum atomic E-state index is -5.08. The number of aliphatic carboxylic acids is 2. The van der Waals surface area contributed by atoms with Gasteiger partial charge in [0.2, 0.25) is 0 Å². The maximum absolute atomic E-state index is 13.7. The zero-order valence-corrected chi connectivity index (χ0v) is 33.4. The van der Waals surface area contributed by atoms with Gasteiger partial charge in [-0.15, -0.1) is 0 Å². The molecule has 4 heterocycles. The van der Waals surface area contributed by atoms with Gasteiger partial charge in [0.15, 0.2) is 0 Å². The van der Waals surface area contributed by atoms with Crippen LogP contribution in [0, 0.1) is 0 Å². The Labute approximate surface area is 342 Å². The minimum Gasteiger partial charge on any atom is -0.497 e. The van der Waals surface area contributed by atoms with Crippen molar-refractivity contribution in [1.29, 1.82) is 0 Å². The van der Waals surface area contributed by atoms with Gasteiger partial charge >= 0.3 is 24.1 Å². The molecule has 0 bridgehead atoms. The molecule has 2 aliphatic rings. The maximum atomic E-state index is 13.7. The van der Waals surface area contributed by atoms with Gasteiger partial charge < -0.3 is 25.3 Å². The van der Waals surface area contributed by atoms with Gasteiger partial charge in [-0.3, -0.25) is 24.3 Å². The molecule has 3 aromatic carbocycles. The van der Waals surface area contributed by atoms with Crippen LogP contribution in [-0.2, 0) is 32.5 Å². The molecular formula is C41H41F3N6O9S. The lowest BCUT2D eigenvalue weighted by Gasteiger charge is -2.35. The van der Waals surface area contributed by atoms with Crippen molar-refractivity contribution >= 4 is 56.1 Å². The van der Waals surface area contributed by atoms with E-state index in [1.165, 1.54) is 6.26 Å². The quantitative estimate of drug-likeness (QED) is 0.130. The number of alkyl halides is 3. The monoisotopic (exact) mass is 850 g/mol. The van der Waals surface area contributed by atoms with E-state index >= 15 is 0 Å². The molecule has 316 valence electrons. The molecule has 0 aliphatic carbocycles. The third-order valence-electron chi connectivity index (χ3n) is 10.4. The van der Waals surface area contributed by atoms with Gasteiger partial charge in [0.05, 0.1) is 36.5 Å². The molecule has 3 amide bonds. The predicted octanol–water partition coefficient (Wildman–Crippen LogP) is 5.94. The first-order valence-corrected chi connectivity index (χ1v) is 20.4. The highest BCUT2D eigenvalue weighted by Crippen LogP contribution is 2.44. The summed E-state index contributed by atoms with van der Waals surface area (Å²) in [6.07, 6.45) is -0.768. The number of anilines is 2. The van der Waals surface area contributed by atoms with E-state index in [4.69, 9.17) is 24.7 Å². The van der Waals surface area contributed by atoms with Crippen LogP contribution >= 0.6 is 0 Å². The number of likely N-dealkylation sites (tertiary alicyclic amines) is 1. The Kier molecular flexibility index (Phi) is 12.5. The van der Waals surface area contributed by atoms with Gasteiger partial charge in [-0.1, -0.05) is 36.4 Å². The van der Waals surface area contributed by atoms with E-state index in [0.717, 1.165) is 64.3 Å². The number of hydrogen-bond donors (Lipinski definition) is 4. The molecule has 0 radical (unpaired) electrons. The number of amides is 3. The van der Waals surface area contributed by atoms with Crippen molar-refractivity contribution in [3.05, 3.63) is 95.7 Å². The van der Waals surface area contributed by atoms with Crippen LogP contribution in [0.4, 0.5) is 29.3 Å². The third kappa shape index (κ3) is 9.52. The number of rotatable bonds is 10. The average Bonchev–Trinajstić information content (AvgIpc) is 3.61. The lowest BCUT2D eigenvalue weighted by atomic mass is 9.94. The number of H-pyrrole nitrogens is 1. The van der Waals surface area contributed by atoms with Crippen molar-refractivity contribution in [2.75, 3.05) is 49.8 Å². The Morgan fingerprint density at radius 3 is 2.10 bits per heavy atom. The molecule has 5 aromatic rings. The topological polar surface area (TPSA) is 203 Å². The highest BCUT2D eigenvalue weighted by molar-refractivity contribution is 7.91. The van der Waals surface area contributed by atoms with Crippen molar-refractivity contribution in [1.82, 2.24) is 20.2 Å². The fourth-order valence-electron chi connectivity index (χ4n) is 7.21. The minimum absolute atomic E-state index is 0.234. The fraction of sp³-hybridized carbons (Fsp3) is 0.293. The molecule has 0 spiro atoms. The number of fused-ring (bicyclic) bond motifs is 3. The number of carboxylic acids is 2.